The van der Waals surface area contributed by atoms with E-state index in [9.17, 15) is 5.11 Å². The van der Waals surface area contributed by atoms with Crippen LogP contribution in [-0.2, 0) is 13.0 Å². The average Bonchev–Trinajstić information content (AvgIpc) is 3.06. The summed E-state index contributed by atoms with van der Waals surface area (Å²) in [5, 5.41) is 25.7. The zero-order valence-electron chi connectivity index (χ0n) is 14.9. The number of aromatic nitrogens is 3. The third kappa shape index (κ3) is 6.16. The van der Waals surface area contributed by atoms with Crippen LogP contribution >= 0.6 is 23.2 Å². The molecule has 1 atom stereocenters. The fourth-order valence-electron chi connectivity index (χ4n) is 2.43. The van der Waals surface area contributed by atoms with E-state index < -0.39 is 6.10 Å². The van der Waals surface area contributed by atoms with Crippen LogP contribution in [0.2, 0.25) is 10.0 Å². The lowest BCUT2D eigenvalue weighted by atomic mass is 10.1. The first-order valence-corrected chi connectivity index (χ1v) is 9.32. The second kappa shape index (κ2) is 10.4. The number of aliphatic imine (C=N–C) groups is 1. The average molecular weight is 399 g/mol. The molecule has 0 radical (unpaired) electrons. The summed E-state index contributed by atoms with van der Waals surface area (Å²) in [5.74, 6) is 1.58. The van der Waals surface area contributed by atoms with Crippen molar-refractivity contribution in [3.8, 4) is 0 Å². The van der Waals surface area contributed by atoms with Gasteiger partial charge in [-0.25, -0.2) is 0 Å². The van der Waals surface area contributed by atoms with Crippen LogP contribution in [0, 0.1) is 0 Å². The number of aliphatic hydroxyl groups is 1. The lowest BCUT2D eigenvalue weighted by Crippen LogP contribution is -2.39. The summed E-state index contributed by atoms with van der Waals surface area (Å²) in [6.45, 7) is 6.34. The third-order valence-corrected chi connectivity index (χ3v) is 4.13. The van der Waals surface area contributed by atoms with E-state index in [1.807, 2.05) is 18.4 Å². The van der Waals surface area contributed by atoms with Crippen LogP contribution in [0.3, 0.4) is 0 Å². The summed E-state index contributed by atoms with van der Waals surface area (Å²) in [4.78, 5) is 4.43. The molecule has 1 aromatic heterocycles. The van der Waals surface area contributed by atoms with Crippen molar-refractivity contribution >= 4 is 29.2 Å². The van der Waals surface area contributed by atoms with E-state index in [4.69, 9.17) is 23.2 Å². The molecule has 1 aromatic carbocycles. The molecule has 1 heterocycles. The molecule has 0 fully saturated rings. The van der Waals surface area contributed by atoms with E-state index >= 15 is 0 Å². The molecule has 0 aliphatic heterocycles. The Bertz CT molecular complexity index is 714. The quantitative estimate of drug-likeness (QED) is 0.469. The second-order valence-corrected chi connectivity index (χ2v) is 6.53. The fourth-order valence-corrected chi connectivity index (χ4v) is 2.97. The lowest BCUT2D eigenvalue weighted by Gasteiger charge is -2.14. The summed E-state index contributed by atoms with van der Waals surface area (Å²) in [7, 11) is 0. The molecule has 0 amide bonds. The van der Waals surface area contributed by atoms with Gasteiger partial charge in [-0.1, -0.05) is 30.1 Å². The summed E-state index contributed by atoms with van der Waals surface area (Å²) in [6, 6.07) is 5.00. The van der Waals surface area contributed by atoms with Crippen LogP contribution in [0.4, 0.5) is 0 Å². The Morgan fingerprint density at radius 3 is 2.62 bits per heavy atom. The molecular formula is C17H24Cl2N6O. The highest BCUT2D eigenvalue weighted by molar-refractivity contribution is 6.34. The highest BCUT2D eigenvalue weighted by Gasteiger charge is 2.10. The first-order chi connectivity index (χ1) is 12.5. The van der Waals surface area contributed by atoms with Gasteiger partial charge in [-0.3, -0.25) is 4.99 Å². The number of guanidine groups is 1. The Morgan fingerprint density at radius 1 is 1.23 bits per heavy atom. The zero-order chi connectivity index (χ0) is 18.9. The van der Waals surface area contributed by atoms with Crippen molar-refractivity contribution in [1.29, 1.82) is 0 Å². The molecule has 0 aliphatic carbocycles. The number of aryl methyl sites for hydroxylation is 1. The van der Waals surface area contributed by atoms with Crippen molar-refractivity contribution in [2.45, 2.75) is 32.9 Å². The first kappa shape index (κ1) is 20.5. The number of hydrogen-bond donors (Lipinski definition) is 3. The number of halogens is 2. The summed E-state index contributed by atoms with van der Waals surface area (Å²) >= 11 is 12.0. The minimum atomic E-state index is -0.786. The van der Waals surface area contributed by atoms with Gasteiger partial charge in [0.2, 0.25) is 0 Å². The minimum absolute atomic E-state index is 0.193. The molecule has 0 aliphatic rings. The molecule has 0 spiro atoms. The predicted molar refractivity (Wildman–Crippen MR) is 105 cm³/mol. The van der Waals surface area contributed by atoms with Crippen molar-refractivity contribution in [1.82, 2.24) is 25.4 Å². The summed E-state index contributed by atoms with van der Waals surface area (Å²) < 4.78 is 2.00. The van der Waals surface area contributed by atoms with Crippen LogP contribution in [0.15, 0.2) is 29.5 Å². The Labute approximate surface area is 163 Å². The Balaban J connectivity index is 1.92. The molecule has 26 heavy (non-hydrogen) atoms. The van der Waals surface area contributed by atoms with Crippen LogP contribution in [0.25, 0.3) is 0 Å². The van der Waals surface area contributed by atoms with Gasteiger partial charge in [0.25, 0.3) is 0 Å². The van der Waals surface area contributed by atoms with Crippen molar-refractivity contribution in [2.24, 2.45) is 4.99 Å². The molecule has 2 rings (SSSR count). The number of nitrogens with zero attached hydrogens (tertiary/aromatic N) is 4. The molecule has 1 unspecified atom stereocenters. The van der Waals surface area contributed by atoms with E-state index in [1.54, 1.807) is 24.5 Å². The van der Waals surface area contributed by atoms with Crippen LogP contribution in [-0.4, -0.2) is 45.5 Å². The normalized spacial score (nSPS) is 12.9. The standard InChI is InChI=1S/C17H24Cl2N6O/c1-3-16-24-23-11-25(16)6-5-21-17(20-4-2)22-10-15(26)12-7-13(18)9-14(19)8-12/h7-9,11,15,26H,3-6,10H2,1-2H3,(H2,20,21,22). The molecule has 0 saturated heterocycles. The second-order valence-electron chi connectivity index (χ2n) is 5.66. The maximum Gasteiger partial charge on any atom is 0.191 e. The maximum atomic E-state index is 10.3. The molecule has 3 N–H and O–H groups in total. The molecule has 0 saturated carbocycles. The highest BCUT2D eigenvalue weighted by atomic mass is 35.5. The number of nitrogens with one attached hydrogen (secondary N) is 2. The molecule has 9 heteroatoms. The Hall–Kier alpha value is -1.83. The molecular weight excluding hydrogens is 375 g/mol. The van der Waals surface area contributed by atoms with Crippen molar-refractivity contribution in [3.63, 3.8) is 0 Å². The van der Waals surface area contributed by atoms with Gasteiger partial charge in [-0.15, -0.1) is 10.2 Å². The number of hydrogen-bond acceptors (Lipinski definition) is 4. The van der Waals surface area contributed by atoms with Crippen molar-refractivity contribution < 1.29 is 5.11 Å². The first-order valence-electron chi connectivity index (χ1n) is 8.56. The zero-order valence-corrected chi connectivity index (χ0v) is 16.4. The molecule has 142 valence electrons. The highest BCUT2D eigenvalue weighted by Crippen LogP contribution is 2.23. The van der Waals surface area contributed by atoms with Gasteiger partial charge in [0.05, 0.1) is 12.6 Å². The molecule has 0 bridgehead atoms. The number of benzene rings is 1. The van der Waals surface area contributed by atoms with Gasteiger partial charge < -0.3 is 20.3 Å². The van der Waals surface area contributed by atoms with E-state index in [1.165, 1.54) is 0 Å². The van der Waals surface area contributed by atoms with Crippen LogP contribution in [0.1, 0.15) is 31.3 Å². The smallest absolute Gasteiger partial charge is 0.191 e. The lowest BCUT2D eigenvalue weighted by molar-refractivity contribution is 0.187. The van der Waals surface area contributed by atoms with Crippen LogP contribution < -0.4 is 10.6 Å². The third-order valence-electron chi connectivity index (χ3n) is 3.69. The monoisotopic (exact) mass is 398 g/mol. The van der Waals surface area contributed by atoms with E-state index in [0.717, 1.165) is 25.3 Å². The van der Waals surface area contributed by atoms with Crippen molar-refractivity contribution in [2.75, 3.05) is 19.6 Å². The van der Waals surface area contributed by atoms with E-state index in [2.05, 4.69) is 25.8 Å². The fraction of sp³-hybridized carbons (Fsp3) is 0.471. The number of rotatable bonds is 8. The maximum absolute atomic E-state index is 10.3. The molecule has 2 aromatic rings. The summed E-state index contributed by atoms with van der Waals surface area (Å²) in [6.07, 6.45) is 1.77. The van der Waals surface area contributed by atoms with Gasteiger partial charge in [0.1, 0.15) is 12.2 Å². The van der Waals surface area contributed by atoms with Gasteiger partial charge in [0, 0.05) is 36.1 Å². The summed E-state index contributed by atoms with van der Waals surface area (Å²) in [5.41, 5.74) is 0.638. The predicted octanol–water partition coefficient (Wildman–Crippen LogP) is 2.44. The Kier molecular flexibility index (Phi) is 8.15. The largest absolute Gasteiger partial charge is 0.386 e. The number of aliphatic hydroxyl groups excluding tert-OH is 1. The molecule has 7 nitrogen and oxygen atoms in total. The Morgan fingerprint density at radius 2 is 1.96 bits per heavy atom. The van der Waals surface area contributed by atoms with Gasteiger partial charge >= 0.3 is 0 Å². The SMILES string of the molecule is CCNC(=NCC(O)c1cc(Cl)cc(Cl)c1)NCCn1cnnc1CC. The van der Waals surface area contributed by atoms with E-state index in [0.29, 0.717) is 28.1 Å². The van der Waals surface area contributed by atoms with Gasteiger partial charge in [0.15, 0.2) is 5.96 Å². The van der Waals surface area contributed by atoms with Crippen LogP contribution in [0.5, 0.6) is 0 Å². The van der Waals surface area contributed by atoms with Gasteiger partial charge in [-0.05, 0) is 30.7 Å². The van der Waals surface area contributed by atoms with E-state index in [-0.39, 0.29) is 6.54 Å². The van der Waals surface area contributed by atoms with Crippen molar-refractivity contribution in [3.05, 3.63) is 46.0 Å². The minimum Gasteiger partial charge on any atom is -0.386 e. The van der Waals surface area contributed by atoms with Gasteiger partial charge in [-0.2, -0.15) is 0 Å². The topological polar surface area (TPSA) is 87.4 Å².